The van der Waals surface area contributed by atoms with Gasteiger partial charge in [0.25, 0.3) is 0 Å². The summed E-state index contributed by atoms with van der Waals surface area (Å²) < 4.78 is 0. The molecule has 0 unspecified atom stereocenters. The lowest BCUT2D eigenvalue weighted by Crippen LogP contribution is -2.19. The van der Waals surface area contributed by atoms with Crippen LogP contribution in [-0.4, -0.2) is 19.2 Å². The molecule has 3 heteroatoms. The average molecular weight is 216 g/mol. The summed E-state index contributed by atoms with van der Waals surface area (Å²) in [6.07, 6.45) is 4.12. The number of rotatable bonds is 3. The van der Waals surface area contributed by atoms with E-state index in [1.807, 2.05) is 0 Å². The molecule has 1 fully saturated rings. The van der Waals surface area contributed by atoms with Crippen LogP contribution in [0.25, 0.3) is 0 Å². The minimum atomic E-state index is 0.441. The van der Waals surface area contributed by atoms with Crippen LogP contribution in [0.3, 0.4) is 0 Å². The molecule has 0 spiro atoms. The fourth-order valence-electron chi connectivity index (χ4n) is 2.22. The van der Waals surface area contributed by atoms with Crippen LogP contribution in [0, 0.1) is 6.92 Å². The number of isocyanates is 1. The van der Waals surface area contributed by atoms with E-state index in [4.69, 9.17) is 0 Å². The lowest BCUT2D eigenvalue weighted by molar-refractivity contribution is 0.563. The predicted octanol–water partition coefficient (Wildman–Crippen LogP) is 2.43. The van der Waals surface area contributed by atoms with E-state index >= 15 is 0 Å². The highest BCUT2D eigenvalue weighted by Gasteiger charge is 2.15. The van der Waals surface area contributed by atoms with Gasteiger partial charge < -0.3 is 4.90 Å². The van der Waals surface area contributed by atoms with Gasteiger partial charge in [0, 0.05) is 18.8 Å². The fraction of sp³-hybridized carbons (Fsp3) is 0.462. The molecule has 1 aromatic rings. The topological polar surface area (TPSA) is 32.7 Å². The molecular formula is C13H16N2O. The molecule has 1 aliphatic heterocycles. The monoisotopic (exact) mass is 216 g/mol. The van der Waals surface area contributed by atoms with E-state index in [2.05, 4.69) is 35.0 Å². The molecule has 1 heterocycles. The van der Waals surface area contributed by atoms with Crippen molar-refractivity contribution in [3.8, 4) is 0 Å². The maximum atomic E-state index is 10.2. The molecule has 0 atom stereocenters. The highest BCUT2D eigenvalue weighted by Crippen LogP contribution is 2.26. The van der Waals surface area contributed by atoms with E-state index in [1.54, 1.807) is 6.08 Å². The Kier molecular flexibility index (Phi) is 3.37. The zero-order valence-electron chi connectivity index (χ0n) is 9.57. The Morgan fingerprint density at radius 2 is 2.12 bits per heavy atom. The molecule has 1 aromatic carbocycles. The summed E-state index contributed by atoms with van der Waals surface area (Å²) in [7, 11) is 0. The van der Waals surface area contributed by atoms with Crippen LogP contribution in [0.4, 0.5) is 5.69 Å². The maximum Gasteiger partial charge on any atom is 0.235 e. The molecule has 0 N–H and O–H groups in total. The van der Waals surface area contributed by atoms with Crippen LogP contribution in [0.15, 0.2) is 23.2 Å². The Balaban J connectivity index is 2.30. The van der Waals surface area contributed by atoms with Crippen LogP contribution in [-0.2, 0) is 11.3 Å². The van der Waals surface area contributed by atoms with Gasteiger partial charge in [0.1, 0.15) is 0 Å². The summed E-state index contributed by atoms with van der Waals surface area (Å²) in [5, 5.41) is 0. The first kappa shape index (κ1) is 10.9. The summed E-state index contributed by atoms with van der Waals surface area (Å²) in [6.45, 7) is 4.72. The lowest BCUT2D eigenvalue weighted by Gasteiger charge is -2.21. The first-order valence-corrected chi connectivity index (χ1v) is 5.69. The minimum Gasteiger partial charge on any atom is -0.371 e. The van der Waals surface area contributed by atoms with Crippen LogP contribution < -0.4 is 4.90 Å². The summed E-state index contributed by atoms with van der Waals surface area (Å²) in [6, 6.07) is 6.35. The molecule has 0 amide bonds. The molecule has 0 saturated carbocycles. The van der Waals surface area contributed by atoms with Crippen molar-refractivity contribution in [3.63, 3.8) is 0 Å². The predicted molar refractivity (Wildman–Crippen MR) is 64.5 cm³/mol. The van der Waals surface area contributed by atoms with E-state index in [0.29, 0.717) is 6.54 Å². The van der Waals surface area contributed by atoms with Crippen molar-refractivity contribution < 1.29 is 4.79 Å². The van der Waals surface area contributed by atoms with Gasteiger partial charge in [-0.3, -0.25) is 0 Å². The van der Waals surface area contributed by atoms with Crippen LogP contribution in [0.5, 0.6) is 0 Å². The van der Waals surface area contributed by atoms with Crippen molar-refractivity contribution in [3.05, 3.63) is 29.3 Å². The molecule has 16 heavy (non-hydrogen) atoms. The Hall–Kier alpha value is -1.60. The van der Waals surface area contributed by atoms with Crippen molar-refractivity contribution in [1.82, 2.24) is 0 Å². The standard InChI is InChI=1S/C13H16N2O/c1-11-4-5-13(15-6-2-3-7-15)12(8-11)9-14-10-16/h4-5,8H,2-3,6-7,9H2,1H3. The Bertz CT molecular complexity index is 416. The fourth-order valence-corrected chi connectivity index (χ4v) is 2.22. The van der Waals surface area contributed by atoms with Crippen molar-refractivity contribution in [2.45, 2.75) is 26.3 Å². The quantitative estimate of drug-likeness (QED) is 0.574. The van der Waals surface area contributed by atoms with Gasteiger partial charge in [0.15, 0.2) is 0 Å². The second-order valence-electron chi connectivity index (χ2n) is 4.23. The molecule has 0 radical (unpaired) electrons. The van der Waals surface area contributed by atoms with Crippen molar-refractivity contribution >= 4 is 11.8 Å². The van der Waals surface area contributed by atoms with Crippen molar-refractivity contribution in [2.75, 3.05) is 18.0 Å². The zero-order valence-corrected chi connectivity index (χ0v) is 9.57. The second kappa shape index (κ2) is 4.95. The normalized spacial score (nSPS) is 14.9. The SMILES string of the molecule is Cc1ccc(N2CCCC2)c(CN=C=O)c1. The van der Waals surface area contributed by atoms with Gasteiger partial charge >= 0.3 is 0 Å². The molecule has 0 aromatic heterocycles. The maximum absolute atomic E-state index is 10.2. The highest BCUT2D eigenvalue weighted by molar-refractivity contribution is 5.56. The Labute approximate surface area is 95.8 Å². The third-order valence-corrected chi connectivity index (χ3v) is 3.00. The number of nitrogens with zero attached hydrogens (tertiary/aromatic N) is 2. The van der Waals surface area contributed by atoms with E-state index in [9.17, 15) is 4.79 Å². The van der Waals surface area contributed by atoms with Gasteiger partial charge in [-0.25, -0.2) is 9.79 Å². The van der Waals surface area contributed by atoms with Gasteiger partial charge in [-0.2, -0.15) is 0 Å². The summed E-state index contributed by atoms with van der Waals surface area (Å²) >= 11 is 0. The smallest absolute Gasteiger partial charge is 0.235 e. The van der Waals surface area contributed by atoms with E-state index in [0.717, 1.165) is 18.7 Å². The minimum absolute atomic E-state index is 0.441. The third-order valence-electron chi connectivity index (χ3n) is 3.00. The Morgan fingerprint density at radius 3 is 2.81 bits per heavy atom. The first-order chi connectivity index (χ1) is 7.81. The summed E-state index contributed by atoms with van der Waals surface area (Å²) in [4.78, 5) is 16.2. The zero-order chi connectivity index (χ0) is 11.4. The summed E-state index contributed by atoms with van der Waals surface area (Å²) in [5.74, 6) is 0. The van der Waals surface area contributed by atoms with Gasteiger partial charge in [-0.05, 0) is 31.4 Å². The van der Waals surface area contributed by atoms with Crippen molar-refractivity contribution in [2.24, 2.45) is 4.99 Å². The number of anilines is 1. The van der Waals surface area contributed by atoms with Gasteiger partial charge in [0.2, 0.25) is 6.08 Å². The van der Waals surface area contributed by atoms with Crippen molar-refractivity contribution in [1.29, 1.82) is 0 Å². The average Bonchev–Trinajstić information content (AvgIpc) is 2.80. The van der Waals surface area contributed by atoms with Crippen LogP contribution in [0.2, 0.25) is 0 Å². The number of hydrogen-bond acceptors (Lipinski definition) is 3. The van der Waals surface area contributed by atoms with E-state index in [1.165, 1.54) is 24.1 Å². The van der Waals surface area contributed by atoms with Gasteiger partial charge in [-0.15, -0.1) is 0 Å². The molecule has 2 rings (SSSR count). The second-order valence-corrected chi connectivity index (χ2v) is 4.23. The molecule has 0 aliphatic carbocycles. The van der Waals surface area contributed by atoms with E-state index in [-0.39, 0.29) is 0 Å². The largest absolute Gasteiger partial charge is 0.371 e. The van der Waals surface area contributed by atoms with Gasteiger partial charge in [-0.1, -0.05) is 17.7 Å². The van der Waals surface area contributed by atoms with Crippen LogP contribution in [0.1, 0.15) is 24.0 Å². The molecule has 1 saturated heterocycles. The molecule has 84 valence electrons. The molecule has 0 bridgehead atoms. The first-order valence-electron chi connectivity index (χ1n) is 5.69. The third kappa shape index (κ3) is 2.31. The molecule has 3 nitrogen and oxygen atoms in total. The Morgan fingerprint density at radius 1 is 1.38 bits per heavy atom. The van der Waals surface area contributed by atoms with Gasteiger partial charge in [0.05, 0.1) is 6.54 Å². The lowest BCUT2D eigenvalue weighted by atomic mass is 10.1. The number of carbonyl (C=O) groups excluding carboxylic acids is 1. The molecular weight excluding hydrogens is 200 g/mol. The van der Waals surface area contributed by atoms with E-state index < -0.39 is 0 Å². The summed E-state index contributed by atoms with van der Waals surface area (Å²) in [5.41, 5.74) is 3.56. The van der Waals surface area contributed by atoms with Crippen LogP contribution >= 0.6 is 0 Å². The molecule has 1 aliphatic rings. The number of hydrogen-bond donors (Lipinski definition) is 0. The highest BCUT2D eigenvalue weighted by atomic mass is 16.1. The number of benzene rings is 1. The number of aliphatic imine (C=N–C) groups is 1. The number of aryl methyl sites for hydroxylation is 1.